The lowest BCUT2D eigenvalue weighted by Gasteiger charge is -2.34. The molecule has 4 amide bonds. The van der Waals surface area contributed by atoms with Crippen LogP contribution in [0.3, 0.4) is 0 Å². The van der Waals surface area contributed by atoms with Gasteiger partial charge < -0.3 is 15.5 Å². The molecule has 16 heteroatoms. The number of hydrogen-bond acceptors (Lipinski definition) is 7. The lowest BCUT2D eigenvalue weighted by atomic mass is 9.98. The van der Waals surface area contributed by atoms with Gasteiger partial charge in [0.05, 0.1) is 17.5 Å². The Morgan fingerprint density at radius 3 is 1.75 bits per heavy atom. The molecule has 0 spiro atoms. The molecule has 1 aliphatic carbocycles. The lowest BCUT2D eigenvalue weighted by Crippen LogP contribution is -2.58. The van der Waals surface area contributed by atoms with Crippen molar-refractivity contribution >= 4 is 55.4 Å². The van der Waals surface area contributed by atoms with Gasteiger partial charge in [-0.3, -0.25) is 24.0 Å². The number of carbonyl (C=O) groups excluding carboxylic acids is 5. The summed E-state index contributed by atoms with van der Waals surface area (Å²) in [5, 5.41) is 4.84. The van der Waals surface area contributed by atoms with Crippen LogP contribution in [0.2, 0.25) is 0 Å². The summed E-state index contributed by atoms with van der Waals surface area (Å²) in [6.07, 6.45) is -4.48. The number of hydrogen-bond donors (Lipinski definition) is 3. The van der Waals surface area contributed by atoms with Crippen molar-refractivity contribution in [3.05, 3.63) is 99.5 Å². The number of rotatable bonds is 13. The minimum Gasteiger partial charge on any atom is -0.344 e. The smallest absolute Gasteiger partial charge is 0.344 e. The van der Waals surface area contributed by atoms with Crippen molar-refractivity contribution in [3.8, 4) is 0 Å². The molecule has 0 aliphatic heterocycles. The monoisotopic (exact) mass is 806 g/mol. The van der Waals surface area contributed by atoms with E-state index in [1.165, 1.54) is 67.3 Å². The van der Waals surface area contributed by atoms with Gasteiger partial charge in [0.15, 0.2) is 0 Å². The first-order valence-electron chi connectivity index (χ1n) is 16.3. The van der Waals surface area contributed by atoms with Crippen LogP contribution >= 0.6 is 15.9 Å². The molecule has 4 rings (SSSR count). The van der Waals surface area contributed by atoms with Crippen LogP contribution in [0.5, 0.6) is 0 Å². The number of fused-ring (bicyclic) bond motifs is 1. The maximum absolute atomic E-state index is 14.2. The van der Waals surface area contributed by atoms with Crippen LogP contribution in [0, 0.1) is 11.8 Å². The van der Waals surface area contributed by atoms with Crippen LogP contribution in [0.15, 0.2) is 82.2 Å². The van der Waals surface area contributed by atoms with Gasteiger partial charge in [0.1, 0.15) is 6.04 Å². The van der Waals surface area contributed by atoms with Gasteiger partial charge in [-0.25, -0.2) is 13.1 Å². The van der Waals surface area contributed by atoms with Crippen molar-refractivity contribution in [3.63, 3.8) is 0 Å². The summed E-state index contributed by atoms with van der Waals surface area (Å²) in [5.74, 6) is -6.79. The second kappa shape index (κ2) is 16.4. The molecule has 3 aromatic rings. The molecule has 52 heavy (non-hydrogen) atoms. The minimum atomic E-state index is -5.18. The quantitative estimate of drug-likeness (QED) is 0.228. The normalized spacial score (nSPS) is 14.3. The third-order valence-electron chi connectivity index (χ3n) is 8.59. The van der Waals surface area contributed by atoms with Crippen LogP contribution in [0.25, 0.3) is 0 Å². The van der Waals surface area contributed by atoms with E-state index in [0.29, 0.717) is 17.3 Å². The zero-order chi connectivity index (χ0) is 38.5. The summed E-state index contributed by atoms with van der Waals surface area (Å²) in [5.41, 5.74) is 1.83. The van der Waals surface area contributed by atoms with Crippen LogP contribution in [-0.2, 0) is 37.2 Å². The zero-order valence-corrected chi connectivity index (χ0v) is 31.1. The van der Waals surface area contributed by atoms with Crippen LogP contribution < -0.4 is 15.4 Å². The highest BCUT2D eigenvalue weighted by Crippen LogP contribution is 2.27. The number of alkyl halides is 3. The molecule has 0 bridgehead atoms. The first-order chi connectivity index (χ1) is 24.3. The molecule has 1 aliphatic rings. The van der Waals surface area contributed by atoms with Gasteiger partial charge >= 0.3 is 6.18 Å². The summed E-state index contributed by atoms with van der Waals surface area (Å²) in [7, 11) is -4.19. The van der Waals surface area contributed by atoms with Gasteiger partial charge in [-0.05, 0) is 84.3 Å². The number of ketones is 1. The highest BCUT2D eigenvalue weighted by atomic mass is 79.9. The Balaban J connectivity index is 1.52. The van der Waals surface area contributed by atoms with Gasteiger partial charge in [0.25, 0.3) is 27.6 Å². The predicted octanol–water partition coefficient (Wildman–Crippen LogP) is 4.59. The molecule has 3 aromatic carbocycles. The van der Waals surface area contributed by atoms with E-state index in [0.717, 1.165) is 11.1 Å². The Morgan fingerprint density at radius 2 is 1.27 bits per heavy atom. The minimum absolute atomic E-state index is 0.0359. The highest BCUT2D eigenvalue weighted by Gasteiger charge is 2.45. The number of carbonyl (C=O) groups is 5. The molecule has 278 valence electrons. The summed E-state index contributed by atoms with van der Waals surface area (Å²) in [6.45, 7) is 5.39. The summed E-state index contributed by atoms with van der Waals surface area (Å²) >= 11 is 3.21. The van der Waals surface area contributed by atoms with Gasteiger partial charge in [-0.1, -0.05) is 67.9 Å². The van der Waals surface area contributed by atoms with Crippen LogP contribution in [0.4, 0.5) is 13.2 Å². The van der Waals surface area contributed by atoms with Crippen molar-refractivity contribution < 1.29 is 45.6 Å². The van der Waals surface area contributed by atoms with E-state index in [2.05, 4.69) is 26.6 Å². The van der Waals surface area contributed by atoms with Gasteiger partial charge in [0.2, 0.25) is 11.8 Å². The van der Waals surface area contributed by atoms with E-state index in [1.807, 2.05) is 29.0 Å². The Morgan fingerprint density at radius 1 is 0.769 bits per heavy atom. The zero-order valence-electron chi connectivity index (χ0n) is 28.7. The Labute approximate surface area is 307 Å². The largest absolute Gasteiger partial charge is 0.452 e. The molecule has 1 unspecified atom stereocenters. The topological polar surface area (TPSA) is 159 Å². The summed E-state index contributed by atoms with van der Waals surface area (Å²) < 4.78 is 67.8. The molecule has 0 aromatic heterocycles. The number of halogens is 4. The fraction of sp³-hybridized carbons (Fsp3) is 0.361. The standard InChI is InChI=1S/C36H38BrF3N4O7S/c1-20(2)30(32(46)36(38,39)40)41-29(45)19-44(27-17-24-7-5-6-8-25(24)18-27)35(49)31(21(3)4)42-33(47)22-9-11-23(12-10-22)34(48)43-52(50,51)28-15-13-26(37)14-16-28/h5-16,20-21,27,30-31H,17-19H2,1-4H3,(H,41,45)(H,42,47)(H,43,48)/t30?,31-/m0/s1. The highest BCUT2D eigenvalue weighted by molar-refractivity contribution is 9.10. The van der Waals surface area contributed by atoms with Gasteiger partial charge in [0, 0.05) is 21.6 Å². The molecule has 0 heterocycles. The number of amides is 4. The number of nitrogens with zero attached hydrogens (tertiary/aromatic N) is 1. The van der Waals surface area contributed by atoms with Crippen LogP contribution in [-0.4, -0.2) is 73.6 Å². The predicted molar refractivity (Wildman–Crippen MR) is 189 cm³/mol. The summed E-state index contributed by atoms with van der Waals surface area (Å²) in [4.78, 5) is 66.8. The van der Waals surface area contributed by atoms with Crippen molar-refractivity contribution in [1.82, 2.24) is 20.3 Å². The van der Waals surface area contributed by atoms with Gasteiger partial charge in [-0.15, -0.1) is 0 Å². The number of sulfonamides is 1. The second-order valence-electron chi connectivity index (χ2n) is 13.1. The van der Waals surface area contributed by atoms with Crippen LogP contribution in [0.1, 0.15) is 59.5 Å². The van der Waals surface area contributed by atoms with Gasteiger partial charge in [-0.2, -0.15) is 13.2 Å². The van der Waals surface area contributed by atoms with E-state index in [9.17, 15) is 45.6 Å². The molecular formula is C36H38BrF3N4O7S. The SMILES string of the molecule is CC(C)C(NC(=O)CN(C(=O)[C@@H](NC(=O)c1ccc(C(=O)NS(=O)(=O)c2ccc(Br)cc2)cc1)C(C)C)C1Cc2ccccc2C1)C(=O)C(F)(F)F. The maximum Gasteiger partial charge on any atom is 0.452 e. The summed E-state index contributed by atoms with van der Waals surface area (Å²) in [6, 6.07) is 14.4. The average Bonchev–Trinajstić information content (AvgIpc) is 3.51. The first kappa shape index (κ1) is 40.2. The fourth-order valence-corrected chi connectivity index (χ4v) is 7.01. The number of nitrogens with one attached hydrogen (secondary N) is 3. The van der Waals surface area contributed by atoms with E-state index in [-0.39, 0.29) is 16.0 Å². The Kier molecular flexibility index (Phi) is 12.7. The third kappa shape index (κ3) is 9.85. The third-order valence-corrected chi connectivity index (χ3v) is 10.5. The molecule has 0 saturated heterocycles. The molecule has 11 nitrogen and oxygen atoms in total. The van der Waals surface area contributed by atoms with Crippen molar-refractivity contribution in [2.45, 2.75) is 69.7 Å². The molecule has 0 saturated carbocycles. The van der Waals surface area contributed by atoms with E-state index in [1.54, 1.807) is 13.8 Å². The first-order valence-corrected chi connectivity index (χ1v) is 18.6. The lowest BCUT2D eigenvalue weighted by molar-refractivity contribution is -0.175. The molecule has 2 atom stereocenters. The average molecular weight is 808 g/mol. The Hall–Kier alpha value is -4.57. The van der Waals surface area contributed by atoms with Crippen molar-refractivity contribution in [1.29, 1.82) is 0 Å². The Bertz CT molecular complexity index is 1910. The van der Waals surface area contributed by atoms with Crippen molar-refractivity contribution in [2.24, 2.45) is 11.8 Å². The number of Topliss-reactive ketones (excluding diaryl/α,β-unsaturated/α-hetero) is 1. The molecular weight excluding hydrogens is 769 g/mol. The van der Waals surface area contributed by atoms with E-state index < -0.39 is 82.1 Å². The molecule has 3 N–H and O–H groups in total. The second-order valence-corrected chi connectivity index (χ2v) is 15.7. The van der Waals surface area contributed by atoms with E-state index >= 15 is 0 Å². The molecule has 0 radical (unpaired) electrons. The van der Waals surface area contributed by atoms with E-state index in [4.69, 9.17) is 0 Å². The van der Waals surface area contributed by atoms with Crippen molar-refractivity contribution in [2.75, 3.05) is 6.54 Å². The molecule has 0 fully saturated rings. The fourth-order valence-electron chi connectivity index (χ4n) is 5.77. The number of benzene rings is 3. The maximum atomic E-state index is 14.2.